The number of halogens is 2. The molecule has 29 heavy (non-hydrogen) atoms. The molecule has 148 valence electrons. The average Bonchev–Trinajstić information content (AvgIpc) is 2.76. The SMILES string of the molecule is O=C(c1c(F)cccc1Cl)N1CCN(C(c2ccccc2)c2ccccc2)CC1. The lowest BCUT2D eigenvalue weighted by Gasteiger charge is -2.40. The number of nitrogens with zero attached hydrogens (tertiary/aromatic N) is 2. The van der Waals surface area contributed by atoms with Gasteiger partial charge in [0, 0.05) is 26.2 Å². The molecule has 1 heterocycles. The van der Waals surface area contributed by atoms with Crippen LogP contribution < -0.4 is 0 Å². The van der Waals surface area contributed by atoms with Crippen LogP contribution in [-0.4, -0.2) is 41.9 Å². The van der Waals surface area contributed by atoms with Gasteiger partial charge in [0.15, 0.2) is 0 Å². The van der Waals surface area contributed by atoms with Crippen LogP contribution in [-0.2, 0) is 0 Å². The summed E-state index contributed by atoms with van der Waals surface area (Å²) >= 11 is 6.08. The number of benzene rings is 3. The van der Waals surface area contributed by atoms with Gasteiger partial charge in [0.25, 0.3) is 5.91 Å². The van der Waals surface area contributed by atoms with Crippen LogP contribution in [0.25, 0.3) is 0 Å². The Labute approximate surface area is 175 Å². The van der Waals surface area contributed by atoms with E-state index in [2.05, 4.69) is 29.2 Å². The summed E-state index contributed by atoms with van der Waals surface area (Å²) in [5.41, 5.74) is 2.40. The highest BCUT2D eigenvalue weighted by Gasteiger charge is 2.30. The summed E-state index contributed by atoms with van der Waals surface area (Å²) in [7, 11) is 0. The molecule has 0 N–H and O–H groups in total. The zero-order valence-electron chi connectivity index (χ0n) is 16.0. The first-order valence-electron chi connectivity index (χ1n) is 9.72. The monoisotopic (exact) mass is 408 g/mol. The van der Waals surface area contributed by atoms with E-state index in [1.807, 2.05) is 36.4 Å². The van der Waals surface area contributed by atoms with Crippen LogP contribution in [0.2, 0.25) is 5.02 Å². The zero-order valence-corrected chi connectivity index (χ0v) is 16.7. The predicted molar refractivity (Wildman–Crippen MR) is 114 cm³/mol. The lowest BCUT2D eigenvalue weighted by atomic mass is 9.96. The molecular formula is C24H22ClFN2O. The number of piperazine rings is 1. The maximum Gasteiger partial charge on any atom is 0.258 e. The van der Waals surface area contributed by atoms with Crippen LogP contribution in [0.4, 0.5) is 4.39 Å². The van der Waals surface area contributed by atoms with Gasteiger partial charge in [0.2, 0.25) is 0 Å². The summed E-state index contributed by atoms with van der Waals surface area (Å²) < 4.78 is 14.2. The van der Waals surface area contributed by atoms with Gasteiger partial charge in [0.05, 0.1) is 16.6 Å². The largest absolute Gasteiger partial charge is 0.336 e. The van der Waals surface area contributed by atoms with Gasteiger partial charge in [-0.2, -0.15) is 0 Å². The Morgan fingerprint density at radius 2 is 1.34 bits per heavy atom. The molecule has 4 rings (SSSR count). The molecule has 5 heteroatoms. The number of carbonyl (C=O) groups is 1. The minimum atomic E-state index is -0.573. The van der Waals surface area contributed by atoms with Crippen LogP contribution in [0.1, 0.15) is 27.5 Å². The first-order chi connectivity index (χ1) is 14.1. The van der Waals surface area contributed by atoms with E-state index >= 15 is 0 Å². The summed E-state index contributed by atoms with van der Waals surface area (Å²) in [6, 6.07) is 25.2. The number of amides is 1. The maximum absolute atomic E-state index is 14.2. The molecule has 1 amide bonds. The number of rotatable bonds is 4. The summed E-state index contributed by atoms with van der Waals surface area (Å²) in [5.74, 6) is -0.917. The molecule has 0 aliphatic carbocycles. The van der Waals surface area contributed by atoms with E-state index in [0.29, 0.717) is 26.2 Å². The van der Waals surface area contributed by atoms with E-state index in [-0.39, 0.29) is 22.5 Å². The van der Waals surface area contributed by atoms with Crippen molar-refractivity contribution in [1.82, 2.24) is 9.80 Å². The van der Waals surface area contributed by atoms with Crippen molar-refractivity contribution in [3.63, 3.8) is 0 Å². The highest BCUT2D eigenvalue weighted by atomic mass is 35.5. The Balaban J connectivity index is 1.53. The van der Waals surface area contributed by atoms with E-state index in [9.17, 15) is 9.18 Å². The highest BCUT2D eigenvalue weighted by molar-refractivity contribution is 6.33. The number of hydrogen-bond donors (Lipinski definition) is 0. The normalized spacial score (nSPS) is 14.9. The molecule has 0 spiro atoms. The molecule has 0 bridgehead atoms. The van der Waals surface area contributed by atoms with Gasteiger partial charge in [-0.15, -0.1) is 0 Å². The first kappa shape index (κ1) is 19.6. The molecule has 1 fully saturated rings. The first-order valence-corrected chi connectivity index (χ1v) is 10.1. The molecule has 3 aromatic rings. The lowest BCUT2D eigenvalue weighted by molar-refractivity contribution is 0.0593. The Morgan fingerprint density at radius 1 is 0.793 bits per heavy atom. The third-order valence-corrected chi connectivity index (χ3v) is 5.69. The highest BCUT2D eigenvalue weighted by Crippen LogP contribution is 2.30. The topological polar surface area (TPSA) is 23.6 Å². The predicted octanol–water partition coefficient (Wildman–Crippen LogP) is 5.03. The Kier molecular flexibility index (Phi) is 5.93. The fourth-order valence-electron chi connectivity index (χ4n) is 3.93. The lowest BCUT2D eigenvalue weighted by Crippen LogP contribution is -2.50. The summed E-state index contributed by atoms with van der Waals surface area (Å²) in [4.78, 5) is 16.9. The molecule has 0 unspecified atom stereocenters. The van der Waals surface area contributed by atoms with Crippen LogP contribution in [0, 0.1) is 5.82 Å². The van der Waals surface area contributed by atoms with Crippen molar-refractivity contribution in [3.8, 4) is 0 Å². The van der Waals surface area contributed by atoms with Gasteiger partial charge in [-0.05, 0) is 23.3 Å². The Bertz CT molecular complexity index is 913. The van der Waals surface area contributed by atoms with E-state index in [4.69, 9.17) is 11.6 Å². The van der Waals surface area contributed by atoms with E-state index in [0.717, 1.165) is 0 Å². The molecule has 0 saturated carbocycles. The summed E-state index contributed by atoms with van der Waals surface area (Å²) in [5, 5.41) is 0.156. The van der Waals surface area contributed by atoms with Crippen LogP contribution in [0.5, 0.6) is 0 Å². The number of hydrogen-bond acceptors (Lipinski definition) is 2. The molecule has 1 saturated heterocycles. The Morgan fingerprint density at radius 3 is 1.86 bits per heavy atom. The van der Waals surface area contributed by atoms with Crippen molar-refractivity contribution in [2.45, 2.75) is 6.04 Å². The van der Waals surface area contributed by atoms with Gasteiger partial charge in [-0.25, -0.2) is 4.39 Å². The molecule has 1 aliphatic rings. The standard InChI is InChI=1S/C24H22ClFN2O/c25-20-12-7-13-21(26)22(20)24(29)28-16-14-27(15-17-28)23(18-8-3-1-4-9-18)19-10-5-2-6-11-19/h1-13,23H,14-17H2. The fraction of sp³-hybridized carbons (Fsp3) is 0.208. The van der Waals surface area contributed by atoms with Gasteiger partial charge in [-0.3, -0.25) is 9.69 Å². The third kappa shape index (κ3) is 4.19. The molecule has 0 aromatic heterocycles. The van der Waals surface area contributed by atoms with Gasteiger partial charge >= 0.3 is 0 Å². The van der Waals surface area contributed by atoms with Gasteiger partial charge < -0.3 is 4.90 Å². The van der Waals surface area contributed by atoms with Crippen molar-refractivity contribution < 1.29 is 9.18 Å². The Hall–Kier alpha value is -2.69. The molecule has 0 atom stereocenters. The average molecular weight is 409 g/mol. The maximum atomic E-state index is 14.2. The summed E-state index contributed by atoms with van der Waals surface area (Å²) in [6.07, 6.45) is 0. The smallest absolute Gasteiger partial charge is 0.258 e. The van der Waals surface area contributed by atoms with Crippen molar-refractivity contribution in [2.75, 3.05) is 26.2 Å². The van der Waals surface area contributed by atoms with Crippen LogP contribution in [0.15, 0.2) is 78.9 Å². The quantitative estimate of drug-likeness (QED) is 0.604. The van der Waals surface area contributed by atoms with E-state index < -0.39 is 5.82 Å². The van der Waals surface area contributed by atoms with Crippen molar-refractivity contribution in [3.05, 3.63) is 106 Å². The van der Waals surface area contributed by atoms with Crippen molar-refractivity contribution >= 4 is 17.5 Å². The second kappa shape index (κ2) is 8.76. The van der Waals surface area contributed by atoms with Crippen molar-refractivity contribution in [1.29, 1.82) is 0 Å². The van der Waals surface area contributed by atoms with Crippen molar-refractivity contribution in [2.24, 2.45) is 0 Å². The minimum Gasteiger partial charge on any atom is -0.336 e. The minimum absolute atomic E-state index is 0.0368. The van der Waals surface area contributed by atoms with E-state index in [1.165, 1.54) is 23.3 Å². The third-order valence-electron chi connectivity index (χ3n) is 5.37. The zero-order chi connectivity index (χ0) is 20.2. The number of carbonyl (C=O) groups excluding carboxylic acids is 1. The molecule has 3 nitrogen and oxygen atoms in total. The molecule has 3 aromatic carbocycles. The summed E-state index contributed by atoms with van der Waals surface area (Å²) in [6.45, 7) is 2.46. The fourth-order valence-corrected chi connectivity index (χ4v) is 4.17. The van der Waals surface area contributed by atoms with E-state index in [1.54, 1.807) is 11.0 Å². The van der Waals surface area contributed by atoms with Crippen LogP contribution >= 0.6 is 11.6 Å². The van der Waals surface area contributed by atoms with Crippen LogP contribution in [0.3, 0.4) is 0 Å². The molecule has 1 aliphatic heterocycles. The second-order valence-corrected chi connectivity index (χ2v) is 7.56. The van der Waals surface area contributed by atoms with Gasteiger partial charge in [-0.1, -0.05) is 78.3 Å². The second-order valence-electron chi connectivity index (χ2n) is 7.15. The molecular weight excluding hydrogens is 387 g/mol. The van der Waals surface area contributed by atoms with Gasteiger partial charge in [0.1, 0.15) is 5.82 Å². The molecule has 0 radical (unpaired) electrons.